The van der Waals surface area contributed by atoms with Crippen molar-refractivity contribution in [3.05, 3.63) is 82.4 Å². The van der Waals surface area contributed by atoms with Crippen molar-refractivity contribution in [1.29, 1.82) is 0 Å². The van der Waals surface area contributed by atoms with E-state index in [0.29, 0.717) is 0 Å². The zero-order valence-electron chi connectivity index (χ0n) is 16.1. The predicted molar refractivity (Wildman–Crippen MR) is 111 cm³/mol. The summed E-state index contributed by atoms with van der Waals surface area (Å²) in [5.41, 5.74) is 9.38. The number of fused-ring (bicyclic) bond motifs is 3. The molecule has 0 aliphatic carbocycles. The molecule has 0 aliphatic rings. The van der Waals surface area contributed by atoms with Gasteiger partial charge in [0.1, 0.15) is 0 Å². The van der Waals surface area contributed by atoms with Gasteiger partial charge in [-0.05, 0) is 69.0 Å². The van der Waals surface area contributed by atoms with Crippen LogP contribution in [-0.4, -0.2) is 4.57 Å². The van der Waals surface area contributed by atoms with Crippen molar-refractivity contribution in [2.45, 2.75) is 34.6 Å². The predicted octanol–water partition coefficient (Wildman–Crippen LogP) is 6.56. The molecule has 0 unspecified atom stereocenters. The number of rotatable bonds is 0. The molecule has 1 heterocycles. The second kappa shape index (κ2) is 6.76. The minimum Gasteiger partial charge on any atom is -0.344 e. The molecule has 0 radical (unpaired) electrons. The molecule has 0 amide bonds. The molecule has 0 spiro atoms. The molecule has 128 valence electrons. The Kier molecular flexibility index (Phi) is 4.67. The fraction of sp³-hybridized carbons (Fsp3) is 0.250. The molecule has 1 aromatic heterocycles. The fourth-order valence-electron chi connectivity index (χ4n) is 3.31. The van der Waals surface area contributed by atoms with Gasteiger partial charge >= 0.3 is 0 Å². The van der Waals surface area contributed by atoms with Crippen LogP contribution in [0.2, 0.25) is 0 Å². The molecule has 4 rings (SSSR count). The summed E-state index contributed by atoms with van der Waals surface area (Å²) in [4.78, 5) is 0. The minimum atomic E-state index is 1.31. The van der Waals surface area contributed by atoms with Gasteiger partial charge < -0.3 is 4.57 Å². The number of hydrogen-bond acceptors (Lipinski definition) is 0. The smallest absolute Gasteiger partial charge is 0.0491 e. The molecule has 0 saturated carbocycles. The van der Waals surface area contributed by atoms with E-state index in [1.807, 2.05) is 0 Å². The van der Waals surface area contributed by atoms with Gasteiger partial charge in [-0.3, -0.25) is 0 Å². The van der Waals surface area contributed by atoms with Crippen LogP contribution < -0.4 is 0 Å². The summed E-state index contributed by atoms with van der Waals surface area (Å²) in [6.45, 7) is 10.7. The van der Waals surface area contributed by atoms with Crippen molar-refractivity contribution in [2.24, 2.45) is 7.05 Å². The van der Waals surface area contributed by atoms with Crippen molar-refractivity contribution >= 4 is 21.8 Å². The summed E-state index contributed by atoms with van der Waals surface area (Å²) in [5, 5.41) is 2.70. The van der Waals surface area contributed by atoms with Crippen LogP contribution in [0.15, 0.2) is 54.6 Å². The lowest BCUT2D eigenvalue weighted by Gasteiger charge is -1.99. The van der Waals surface area contributed by atoms with Crippen LogP contribution in [0.1, 0.15) is 27.8 Å². The van der Waals surface area contributed by atoms with Gasteiger partial charge in [0.2, 0.25) is 0 Å². The first-order valence-electron chi connectivity index (χ1n) is 8.86. The van der Waals surface area contributed by atoms with Gasteiger partial charge in [0.15, 0.2) is 0 Å². The van der Waals surface area contributed by atoms with Crippen LogP contribution in [0.25, 0.3) is 21.8 Å². The van der Waals surface area contributed by atoms with E-state index >= 15 is 0 Å². The van der Waals surface area contributed by atoms with E-state index < -0.39 is 0 Å². The summed E-state index contributed by atoms with van der Waals surface area (Å²) in [5.74, 6) is 0. The Balaban J connectivity index is 0.000000173. The van der Waals surface area contributed by atoms with Gasteiger partial charge in [-0.1, -0.05) is 48.0 Å². The summed E-state index contributed by atoms with van der Waals surface area (Å²) < 4.78 is 2.28. The number of benzene rings is 3. The Morgan fingerprint density at radius 1 is 0.520 bits per heavy atom. The van der Waals surface area contributed by atoms with Crippen molar-refractivity contribution in [3.8, 4) is 0 Å². The fourth-order valence-corrected chi connectivity index (χ4v) is 3.31. The van der Waals surface area contributed by atoms with Crippen LogP contribution in [-0.2, 0) is 7.05 Å². The zero-order valence-corrected chi connectivity index (χ0v) is 16.1. The van der Waals surface area contributed by atoms with E-state index in [2.05, 4.69) is 101 Å². The van der Waals surface area contributed by atoms with Crippen molar-refractivity contribution in [3.63, 3.8) is 0 Å². The normalized spacial score (nSPS) is 10.8. The molecule has 4 aromatic rings. The van der Waals surface area contributed by atoms with Crippen molar-refractivity contribution in [2.75, 3.05) is 0 Å². The van der Waals surface area contributed by atoms with E-state index in [0.717, 1.165) is 0 Å². The molecule has 1 heteroatoms. The Hall–Kier alpha value is -2.54. The Morgan fingerprint density at radius 2 is 0.960 bits per heavy atom. The standard InChI is InChI=1S/C15H15N.C9H12/c1-10-4-6-12-13-7-5-11(2)9-15(13)16(3)14(12)8-10;1-7-4-5-8(2)9(3)6-7/h4-9H,1-3H3;4-6H,1-3H3. The van der Waals surface area contributed by atoms with Crippen LogP contribution in [0.3, 0.4) is 0 Å². The lowest BCUT2D eigenvalue weighted by molar-refractivity contribution is 1.01. The largest absolute Gasteiger partial charge is 0.344 e. The maximum Gasteiger partial charge on any atom is 0.0491 e. The monoisotopic (exact) mass is 329 g/mol. The second-order valence-electron chi connectivity index (χ2n) is 7.19. The summed E-state index contributed by atoms with van der Waals surface area (Å²) in [7, 11) is 2.14. The van der Waals surface area contributed by atoms with Gasteiger partial charge in [0.25, 0.3) is 0 Å². The number of aromatic nitrogens is 1. The second-order valence-corrected chi connectivity index (χ2v) is 7.19. The van der Waals surface area contributed by atoms with Gasteiger partial charge in [0, 0.05) is 28.9 Å². The SMILES string of the molecule is Cc1ccc(C)c(C)c1.Cc1ccc2c3ccc(C)cc3n(C)c2c1. The quantitative estimate of drug-likeness (QED) is 0.344. The third-order valence-corrected chi connectivity index (χ3v) is 4.98. The average molecular weight is 329 g/mol. The third-order valence-electron chi connectivity index (χ3n) is 4.98. The van der Waals surface area contributed by atoms with Crippen molar-refractivity contribution < 1.29 is 0 Å². The van der Waals surface area contributed by atoms with Crippen LogP contribution in [0.4, 0.5) is 0 Å². The zero-order chi connectivity index (χ0) is 18.1. The molecule has 0 fully saturated rings. The first-order valence-corrected chi connectivity index (χ1v) is 8.86. The minimum absolute atomic E-state index is 1.31. The van der Waals surface area contributed by atoms with Gasteiger partial charge in [-0.2, -0.15) is 0 Å². The van der Waals surface area contributed by atoms with E-state index in [4.69, 9.17) is 0 Å². The van der Waals surface area contributed by atoms with E-state index in [-0.39, 0.29) is 0 Å². The Morgan fingerprint density at radius 3 is 1.40 bits per heavy atom. The topological polar surface area (TPSA) is 4.93 Å². The van der Waals surface area contributed by atoms with Crippen LogP contribution in [0.5, 0.6) is 0 Å². The number of nitrogens with zero attached hydrogens (tertiary/aromatic N) is 1. The summed E-state index contributed by atoms with van der Waals surface area (Å²) in [6.07, 6.45) is 0. The molecular weight excluding hydrogens is 302 g/mol. The highest BCUT2D eigenvalue weighted by Gasteiger charge is 2.07. The van der Waals surface area contributed by atoms with E-state index in [1.165, 1.54) is 49.6 Å². The molecule has 1 nitrogen and oxygen atoms in total. The maximum absolute atomic E-state index is 2.28. The molecule has 25 heavy (non-hydrogen) atoms. The summed E-state index contributed by atoms with van der Waals surface area (Å²) in [6, 6.07) is 19.8. The van der Waals surface area contributed by atoms with Gasteiger partial charge in [0.05, 0.1) is 0 Å². The van der Waals surface area contributed by atoms with Crippen LogP contribution in [0, 0.1) is 34.6 Å². The molecule has 0 N–H and O–H groups in total. The molecule has 0 saturated heterocycles. The summed E-state index contributed by atoms with van der Waals surface area (Å²) >= 11 is 0. The number of aryl methyl sites for hydroxylation is 6. The highest BCUT2D eigenvalue weighted by molar-refractivity contribution is 6.08. The van der Waals surface area contributed by atoms with E-state index in [1.54, 1.807) is 0 Å². The van der Waals surface area contributed by atoms with Gasteiger partial charge in [-0.25, -0.2) is 0 Å². The highest BCUT2D eigenvalue weighted by atomic mass is 14.9. The van der Waals surface area contributed by atoms with Crippen LogP contribution >= 0.6 is 0 Å². The molecule has 0 bridgehead atoms. The Labute approximate surface area is 150 Å². The lowest BCUT2D eigenvalue weighted by Crippen LogP contribution is -1.87. The average Bonchev–Trinajstić information content (AvgIpc) is 2.84. The highest BCUT2D eigenvalue weighted by Crippen LogP contribution is 2.29. The maximum atomic E-state index is 2.28. The first-order chi connectivity index (χ1) is 11.9. The van der Waals surface area contributed by atoms with Gasteiger partial charge in [-0.15, -0.1) is 0 Å². The Bertz CT molecular complexity index is 992. The van der Waals surface area contributed by atoms with Crippen molar-refractivity contribution in [1.82, 2.24) is 4.57 Å². The first kappa shape index (κ1) is 17.3. The third kappa shape index (κ3) is 3.46. The molecule has 3 aromatic carbocycles. The molecule has 0 aliphatic heterocycles. The molecular formula is C24H27N. The van der Waals surface area contributed by atoms with E-state index in [9.17, 15) is 0 Å². The molecule has 0 atom stereocenters. The number of hydrogen-bond donors (Lipinski definition) is 0. The lowest BCUT2D eigenvalue weighted by atomic mass is 10.1.